The third-order valence-electron chi connectivity index (χ3n) is 4.42. The molecule has 1 atom stereocenters. The highest BCUT2D eigenvalue weighted by Crippen LogP contribution is 2.27. The number of nitrogens with one attached hydrogen (secondary N) is 1. The van der Waals surface area contributed by atoms with Crippen molar-refractivity contribution >= 4 is 5.69 Å². The van der Waals surface area contributed by atoms with E-state index < -0.39 is 0 Å². The normalized spacial score (nSPS) is 15.7. The zero-order chi connectivity index (χ0) is 14.4. The molecule has 1 aromatic rings. The van der Waals surface area contributed by atoms with Crippen molar-refractivity contribution in [2.75, 3.05) is 37.6 Å². The Morgan fingerprint density at radius 2 is 2.10 bits per heavy atom. The van der Waals surface area contributed by atoms with Gasteiger partial charge in [0.2, 0.25) is 0 Å². The number of nitrogens with two attached hydrogens (primary N) is 1. The van der Waals surface area contributed by atoms with Crippen LogP contribution in [0.2, 0.25) is 0 Å². The minimum absolute atomic E-state index is 0.600. The van der Waals surface area contributed by atoms with E-state index in [0.29, 0.717) is 11.8 Å². The molecule has 0 amide bonds. The molecule has 0 fully saturated rings. The number of benzene rings is 1. The highest BCUT2D eigenvalue weighted by Gasteiger charge is 2.17. The van der Waals surface area contributed by atoms with Gasteiger partial charge in [-0.1, -0.05) is 32.0 Å². The lowest BCUT2D eigenvalue weighted by Crippen LogP contribution is -2.33. The summed E-state index contributed by atoms with van der Waals surface area (Å²) in [7, 11) is 0. The van der Waals surface area contributed by atoms with Crippen molar-refractivity contribution in [1.82, 2.24) is 5.32 Å². The second kappa shape index (κ2) is 7.65. The number of anilines is 1. The van der Waals surface area contributed by atoms with E-state index in [9.17, 15) is 0 Å². The lowest BCUT2D eigenvalue weighted by molar-refractivity contribution is 0.371. The van der Waals surface area contributed by atoms with Gasteiger partial charge >= 0.3 is 0 Å². The van der Waals surface area contributed by atoms with E-state index >= 15 is 0 Å². The standard InChI is InChI=1S/C17H29N3/c1-14(2)16(12-18)13-19-9-5-10-20-11-8-15-6-3-4-7-17(15)20/h3-4,6-7,14,16,19H,5,8-13,18H2,1-2H3. The van der Waals surface area contributed by atoms with Crippen molar-refractivity contribution in [2.24, 2.45) is 17.6 Å². The molecule has 1 unspecified atom stereocenters. The molecule has 0 aliphatic carbocycles. The topological polar surface area (TPSA) is 41.3 Å². The van der Waals surface area contributed by atoms with Crippen molar-refractivity contribution < 1.29 is 0 Å². The largest absolute Gasteiger partial charge is 0.371 e. The fourth-order valence-corrected chi connectivity index (χ4v) is 2.91. The van der Waals surface area contributed by atoms with Crippen LogP contribution >= 0.6 is 0 Å². The molecule has 0 saturated heterocycles. The van der Waals surface area contributed by atoms with Gasteiger partial charge in [-0.15, -0.1) is 0 Å². The van der Waals surface area contributed by atoms with E-state index in [-0.39, 0.29) is 0 Å². The van der Waals surface area contributed by atoms with Crippen LogP contribution in [0.3, 0.4) is 0 Å². The van der Waals surface area contributed by atoms with E-state index in [1.54, 1.807) is 0 Å². The Hall–Kier alpha value is -1.06. The molecule has 1 aromatic carbocycles. The predicted octanol–water partition coefficient (Wildman–Crippen LogP) is 2.26. The smallest absolute Gasteiger partial charge is 0.0399 e. The maximum atomic E-state index is 5.79. The fourth-order valence-electron chi connectivity index (χ4n) is 2.91. The number of para-hydroxylation sites is 1. The van der Waals surface area contributed by atoms with E-state index in [2.05, 4.69) is 48.3 Å². The molecule has 3 nitrogen and oxygen atoms in total. The van der Waals surface area contributed by atoms with Crippen LogP contribution in [-0.4, -0.2) is 32.7 Å². The summed E-state index contributed by atoms with van der Waals surface area (Å²) in [5.41, 5.74) is 8.74. The van der Waals surface area contributed by atoms with Crippen molar-refractivity contribution in [3.63, 3.8) is 0 Å². The quantitative estimate of drug-likeness (QED) is 0.715. The molecule has 112 valence electrons. The van der Waals surface area contributed by atoms with Crippen LogP contribution < -0.4 is 16.0 Å². The van der Waals surface area contributed by atoms with Gasteiger partial charge in [0.15, 0.2) is 0 Å². The molecule has 0 saturated carbocycles. The lowest BCUT2D eigenvalue weighted by atomic mass is 9.96. The first-order chi connectivity index (χ1) is 9.72. The van der Waals surface area contributed by atoms with Gasteiger partial charge in [0, 0.05) is 18.8 Å². The summed E-state index contributed by atoms with van der Waals surface area (Å²) < 4.78 is 0. The molecule has 0 aromatic heterocycles. The summed E-state index contributed by atoms with van der Waals surface area (Å²) in [5.74, 6) is 1.26. The SMILES string of the molecule is CC(C)C(CN)CNCCCN1CCc2ccccc21. The molecule has 3 heteroatoms. The summed E-state index contributed by atoms with van der Waals surface area (Å²) in [5, 5.41) is 3.56. The van der Waals surface area contributed by atoms with Gasteiger partial charge in [-0.2, -0.15) is 0 Å². The molecule has 0 spiro atoms. The van der Waals surface area contributed by atoms with E-state index in [4.69, 9.17) is 5.73 Å². The van der Waals surface area contributed by atoms with Gasteiger partial charge in [-0.25, -0.2) is 0 Å². The van der Waals surface area contributed by atoms with E-state index in [1.807, 2.05) is 0 Å². The first-order valence-electron chi connectivity index (χ1n) is 7.96. The van der Waals surface area contributed by atoms with Gasteiger partial charge in [0.05, 0.1) is 0 Å². The van der Waals surface area contributed by atoms with Crippen molar-refractivity contribution in [2.45, 2.75) is 26.7 Å². The van der Waals surface area contributed by atoms with Crippen LogP contribution in [0.4, 0.5) is 5.69 Å². The molecule has 0 bridgehead atoms. The second-order valence-electron chi connectivity index (χ2n) is 6.16. The Kier molecular flexibility index (Phi) is 5.86. The predicted molar refractivity (Wildman–Crippen MR) is 87.2 cm³/mol. The van der Waals surface area contributed by atoms with Gasteiger partial charge in [0.1, 0.15) is 0 Å². The maximum Gasteiger partial charge on any atom is 0.0399 e. The molecular formula is C17H29N3. The Balaban J connectivity index is 1.65. The fraction of sp³-hybridized carbons (Fsp3) is 0.647. The number of rotatable bonds is 8. The van der Waals surface area contributed by atoms with Gasteiger partial charge < -0.3 is 16.0 Å². The lowest BCUT2D eigenvalue weighted by Gasteiger charge is -2.21. The maximum absolute atomic E-state index is 5.79. The highest BCUT2D eigenvalue weighted by molar-refractivity contribution is 5.57. The first-order valence-corrected chi connectivity index (χ1v) is 7.96. The molecule has 0 radical (unpaired) electrons. The Labute approximate surface area is 123 Å². The van der Waals surface area contributed by atoms with Crippen molar-refractivity contribution in [1.29, 1.82) is 0 Å². The van der Waals surface area contributed by atoms with Crippen LogP contribution in [0.5, 0.6) is 0 Å². The minimum atomic E-state index is 0.600. The monoisotopic (exact) mass is 275 g/mol. The van der Waals surface area contributed by atoms with Crippen LogP contribution in [0.15, 0.2) is 24.3 Å². The van der Waals surface area contributed by atoms with Gasteiger partial charge in [-0.05, 0) is 55.9 Å². The Morgan fingerprint density at radius 1 is 1.30 bits per heavy atom. The molecule has 3 N–H and O–H groups in total. The summed E-state index contributed by atoms with van der Waals surface area (Å²) in [6.07, 6.45) is 2.40. The molecule has 2 rings (SSSR count). The highest BCUT2D eigenvalue weighted by atomic mass is 15.1. The van der Waals surface area contributed by atoms with Gasteiger partial charge in [-0.3, -0.25) is 0 Å². The Bertz CT molecular complexity index is 403. The zero-order valence-electron chi connectivity index (χ0n) is 12.9. The average molecular weight is 275 g/mol. The Morgan fingerprint density at radius 3 is 2.85 bits per heavy atom. The van der Waals surface area contributed by atoms with E-state index in [0.717, 1.165) is 26.2 Å². The molecule has 1 heterocycles. The molecule has 1 aliphatic heterocycles. The molecule has 20 heavy (non-hydrogen) atoms. The third-order valence-corrected chi connectivity index (χ3v) is 4.42. The number of hydrogen-bond acceptors (Lipinski definition) is 3. The summed E-state index contributed by atoms with van der Waals surface area (Å²) >= 11 is 0. The summed E-state index contributed by atoms with van der Waals surface area (Å²) in [4.78, 5) is 2.51. The number of fused-ring (bicyclic) bond motifs is 1. The van der Waals surface area contributed by atoms with Crippen LogP contribution in [0.1, 0.15) is 25.8 Å². The van der Waals surface area contributed by atoms with Crippen LogP contribution in [-0.2, 0) is 6.42 Å². The minimum Gasteiger partial charge on any atom is -0.371 e. The summed E-state index contributed by atoms with van der Waals surface area (Å²) in [6.45, 7) is 9.74. The third kappa shape index (κ3) is 3.97. The molecular weight excluding hydrogens is 246 g/mol. The van der Waals surface area contributed by atoms with Crippen molar-refractivity contribution in [3.05, 3.63) is 29.8 Å². The zero-order valence-corrected chi connectivity index (χ0v) is 12.9. The van der Waals surface area contributed by atoms with Crippen LogP contribution in [0.25, 0.3) is 0 Å². The number of hydrogen-bond donors (Lipinski definition) is 2. The number of nitrogens with zero attached hydrogens (tertiary/aromatic N) is 1. The van der Waals surface area contributed by atoms with Gasteiger partial charge in [0.25, 0.3) is 0 Å². The van der Waals surface area contributed by atoms with Crippen molar-refractivity contribution in [3.8, 4) is 0 Å². The average Bonchev–Trinajstić information content (AvgIpc) is 2.86. The summed E-state index contributed by atoms with van der Waals surface area (Å²) in [6, 6.07) is 8.79. The molecule has 1 aliphatic rings. The second-order valence-corrected chi connectivity index (χ2v) is 6.16. The first kappa shape index (κ1) is 15.3. The van der Waals surface area contributed by atoms with E-state index in [1.165, 1.54) is 30.6 Å². The van der Waals surface area contributed by atoms with Crippen LogP contribution in [0, 0.1) is 11.8 Å².